The van der Waals surface area contributed by atoms with Gasteiger partial charge in [-0.15, -0.1) is 0 Å². The third kappa shape index (κ3) is 3.42. The minimum Gasteiger partial charge on any atom is -0.350 e. The highest BCUT2D eigenvalue weighted by Crippen LogP contribution is 2.27. The molecule has 0 heterocycles. The average Bonchev–Trinajstić information content (AvgIpc) is 2.93. The van der Waals surface area contributed by atoms with Crippen LogP contribution in [0.25, 0.3) is 0 Å². The maximum absolute atomic E-state index is 13.7. The van der Waals surface area contributed by atoms with Crippen LogP contribution in [0, 0.1) is 0 Å². The highest BCUT2D eigenvalue weighted by molar-refractivity contribution is 5.91. The number of hydrogen-bond acceptors (Lipinski definition) is 1. The van der Waals surface area contributed by atoms with Gasteiger partial charge in [0.2, 0.25) is 0 Å². The molecule has 1 fully saturated rings. The van der Waals surface area contributed by atoms with Crippen LogP contribution in [0.5, 0.6) is 0 Å². The fourth-order valence-electron chi connectivity index (χ4n) is 2.22. The molecule has 1 aromatic carbocycles. The first-order valence-corrected chi connectivity index (χ1v) is 6.47. The molecule has 0 bridgehead atoms. The lowest BCUT2D eigenvalue weighted by molar-refractivity contribution is -0.118. The van der Waals surface area contributed by atoms with Crippen molar-refractivity contribution in [3.63, 3.8) is 0 Å². The van der Waals surface area contributed by atoms with Crippen molar-refractivity contribution in [2.24, 2.45) is 0 Å². The van der Waals surface area contributed by atoms with E-state index in [1.54, 1.807) is 0 Å². The number of allylic oxidation sites excluding steroid dienone is 1. The van der Waals surface area contributed by atoms with E-state index in [0.29, 0.717) is 12.1 Å². The van der Waals surface area contributed by atoms with Crippen LogP contribution >= 0.6 is 0 Å². The van der Waals surface area contributed by atoms with Crippen LogP contribution in [0.2, 0.25) is 0 Å². The Labute approximate surface area is 107 Å². The summed E-state index contributed by atoms with van der Waals surface area (Å²) in [4.78, 5) is 11.6. The first kappa shape index (κ1) is 12.8. The summed E-state index contributed by atoms with van der Waals surface area (Å²) >= 11 is 0. The van der Waals surface area contributed by atoms with Gasteiger partial charge in [-0.1, -0.05) is 30.3 Å². The van der Waals surface area contributed by atoms with Crippen LogP contribution in [-0.2, 0) is 11.2 Å². The Bertz CT molecular complexity index is 431. The molecule has 1 N–H and O–H groups in total. The van der Waals surface area contributed by atoms with Crippen LogP contribution in [0.3, 0.4) is 0 Å². The topological polar surface area (TPSA) is 29.1 Å². The second kappa shape index (κ2) is 6.34. The largest absolute Gasteiger partial charge is 0.350 e. The van der Waals surface area contributed by atoms with Crippen molar-refractivity contribution < 1.29 is 9.18 Å². The van der Waals surface area contributed by atoms with E-state index in [-0.39, 0.29) is 0 Å². The smallest absolute Gasteiger partial charge is 0.279 e. The van der Waals surface area contributed by atoms with Gasteiger partial charge in [0.15, 0.2) is 5.83 Å². The molecule has 0 spiro atoms. The number of carbonyl (C=O) groups excluding carboxylic acids is 1. The van der Waals surface area contributed by atoms with E-state index in [2.05, 4.69) is 5.32 Å². The fourth-order valence-corrected chi connectivity index (χ4v) is 2.22. The molecule has 0 aromatic heterocycles. The Hall–Kier alpha value is -1.64. The Morgan fingerprint density at radius 3 is 2.50 bits per heavy atom. The molecule has 2 nitrogen and oxygen atoms in total. The van der Waals surface area contributed by atoms with Crippen LogP contribution in [0.4, 0.5) is 4.39 Å². The molecule has 1 aliphatic carbocycles. The number of rotatable bonds is 4. The molecular weight excluding hydrogens is 229 g/mol. The van der Waals surface area contributed by atoms with E-state index in [1.165, 1.54) is 0 Å². The summed E-state index contributed by atoms with van der Waals surface area (Å²) in [5, 5.41) is 2.64. The van der Waals surface area contributed by atoms with Crippen molar-refractivity contribution in [3.05, 3.63) is 47.3 Å². The molecule has 0 unspecified atom stereocenters. The third-order valence-corrected chi connectivity index (χ3v) is 3.26. The van der Waals surface area contributed by atoms with E-state index in [0.717, 1.165) is 37.7 Å². The summed E-state index contributed by atoms with van der Waals surface area (Å²) in [6.07, 6.45) is 4.20. The Morgan fingerprint density at radius 1 is 1.17 bits per heavy atom. The molecule has 18 heavy (non-hydrogen) atoms. The van der Waals surface area contributed by atoms with Gasteiger partial charge in [-0.3, -0.25) is 4.79 Å². The van der Waals surface area contributed by atoms with Crippen molar-refractivity contribution in [1.29, 1.82) is 0 Å². The molecule has 0 aliphatic heterocycles. The van der Waals surface area contributed by atoms with Crippen LogP contribution in [0.1, 0.15) is 31.2 Å². The summed E-state index contributed by atoms with van der Waals surface area (Å²) in [7, 11) is 0. The summed E-state index contributed by atoms with van der Waals surface area (Å²) in [6, 6.07) is 9.86. The first-order chi connectivity index (χ1) is 8.77. The summed E-state index contributed by atoms with van der Waals surface area (Å²) in [5.74, 6) is -1.11. The second-order valence-corrected chi connectivity index (χ2v) is 4.62. The van der Waals surface area contributed by atoms with Gasteiger partial charge in [0.25, 0.3) is 5.91 Å². The molecule has 0 atom stereocenters. The lowest BCUT2D eigenvalue weighted by Crippen LogP contribution is -2.26. The zero-order valence-electron chi connectivity index (χ0n) is 10.4. The maximum atomic E-state index is 13.7. The summed E-state index contributed by atoms with van der Waals surface area (Å²) < 4.78 is 13.7. The van der Waals surface area contributed by atoms with E-state index in [1.807, 2.05) is 30.3 Å². The number of nitrogens with one attached hydrogen (secondary N) is 1. The van der Waals surface area contributed by atoms with Gasteiger partial charge >= 0.3 is 0 Å². The van der Waals surface area contributed by atoms with Gasteiger partial charge < -0.3 is 5.32 Å². The Kier molecular flexibility index (Phi) is 4.51. The number of amides is 1. The Balaban J connectivity index is 1.80. The predicted octanol–water partition coefficient (Wildman–Crippen LogP) is 3.14. The normalized spacial score (nSPS) is 14.6. The van der Waals surface area contributed by atoms with Crippen molar-refractivity contribution in [2.45, 2.75) is 32.1 Å². The molecule has 0 saturated heterocycles. The minimum atomic E-state index is -0.555. The van der Waals surface area contributed by atoms with Crippen LogP contribution in [0.15, 0.2) is 41.7 Å². The average molecular weight is 247 g/mol. The minimum absolute atomic E-state index is 0.476. The van der Waals surface area contributed by atoms with Crippen molar-refractivity contribution in [3.8, 4) is 0 Å². The molecule has 1 amide bonds. The molecular formula is C15H18FNO. The zero-order chi connectivity index (χ0) is 12.8. The summed E-state index contributed by atoms with van der Waals surface area (Å²) in [6.45, 7) is 0.476. The van der Waals surface area contributed by atoms with Gasteiger partial charge in [0.05, 0.1) is 0 Å². The number of halogens is 1. The highest BCUT2D eigenvalue weighted by Gasteiger charge is 2.17. The van der Waals surface area contributed by atoms with Gasteiger partial charge in [0, 0.05) is 6.54 Å². The summed E-state index contributed by atoms with van der Waals surface area (Å²) in [5.41, 5.74) is 1.83. The lowest BCUT2D eigenvalue weighted by Gasteiger charge is -2.05. The highest BCUT2D eigenvalue weighted by atomic mass is 19.1. The standard InChI is InChI=1S/C15H18FNO/c16-14(13-8-4-5-9-13)15(18)17-11-10-12-6-2-1-3-7-12/h1-3,6-7H,4-5,8-11H2,(H,17,18). The van der Waals surface area contributed by atoms with Gasteiger partial charge in [-0.2, -0.15) is 0 Å². The molecule has 1 saturated carbocycles. The molecule has 3 heteroatoms. The van der Waals surface area contributed by atoms with E-state index < -0.39 is 11.7 Å². The number of hydrogen-bond donors (Lipinski definition) is 1. The third-order valence-electron chi connectivity index (χ3n) is 3.26. The van der Waals surface area contributed by atoms with Gasteiger partial charge in [0.1, 0.15) is 0 Å². The van der Waals surface area contributed by atoms with Crippen molar-refractivity contribution >= 4 is 5.91 Å². The molecule has 1 aromatic rings. The van der Waals surface area contributed by atoms with E-state index >= 15 is 0 Å². The van der Waals surface area contributed by atoms with Crippen molar-refractivity contribution in [2.75, 3.05) is 6.54 Å². The first-order valence-electron chi connectivity index (χ1n) is 6.47. The zero-order valence-corrected chi connectivity index (χ0v) is 10.4. The lowest BCUT2D eigenvalue weighted by atomic mass is 10.1. The molecule has 0 radical (unpaired) electrons. The fraction of sp³-hybridized carbons (Fsp3) is 0.400. The van der Waals surface area contributed by atoms with Crippen LogP contribution in [-0.4, -0.2) is 12.5 Å². The molecule has 96 valence electrons. The number of benzene rings is 1. The quantitative estimate of drug-likeness (QED) is 0.814. The Morgan fingerprint density at radius 2 is 1.83 bits per heavy atom. The second-order valence-electron chi connectivity index (χ2n) is 4.62. The number of carbonyl (C=O) groups is 1. The van der Waals surface area contributed by atoms with E-state index in [9.17, 15) is 9.18 Å². The molecule has 1 aliphatic rings. The van der Waals surface area contributed by atoms with Gasteiger partial charge in [-0.05, 0) is 43.2 Å². The predicted molar refractivity (Wildman–Crippen MR) is 69.8 cm³/mol. The van der Waals surface area contributed by atoms with Crippen molar-refractivity contribution in [1.82, 2.24) is 5.32 Å². The van der Waals surface area contributed by atoms with Crippen LogP contribution < -0.4 is 5.32 Å². The SMILES string of the molecule is O=C(NCCc1ccccc1)C(F)=C1CCCC1. The monoisotopic (exact) mass is 247 g/mol. The van der Waals surface area contributed by atoms with E-state index in [4.69, 9.17) is 0 Å². The molecule has 2 rings (SSSR count). The van der Waals surface area contributed by atoms with Gasteiger partial charge in [-0.25, -0.2) is 4.39 Å². The maximum Gasteiger partial charge on any atom is 0.279 e.